The van der Waals surface area contributed by atoms with Crippen molar-refractivity contribution in [3.63, 3.8) is 0 Å². The third kappa shape index (κ3) is 3.52. The van der Waals surface area contributed by atoms with Crippen LogP contribution in [0.3, 0.4) is 0 Å². The Bertz CT molecular complexity index is 910. The summed E-state index contributed by atoms with van der Waals surface area (Å²) in [6, 6.07) is 9.25. The Balaban J connectivity index is 1.52. The molecular weight excluding hydrogens is 342 g/mol. The van der Waals surface area contributed by atoms with Gasteiger partial charge in [-0.05, 0) is 67.3 Å². The van der Waals surface area contributed by atoms with Crippen LogP contribution < -0.4 is 10.6 Å². The summed E-state index contributed by atoms with van der Waals surface area (Å²) in [6.07, 6.45) is 4.70. The molecule has 140 valence electrons. The van der Waals surface area contributed by atoms with Gasteiger partial charge in [-0.1, -0.05) is 12.1 Å². The smallest absolute Gasteiger partial charge is 0.339 e. The van der Waals surface area contributed by atoms with Crippen LogP contribution in [0.15, 0.2) is 30.3 Å². The van der Waals surface area contributed by atoms with Crippen molar-refractivity contribution in [2.75, 3.05) is 18.0 Å². The number of anilines is 1. The maximum atomic E-state index is 11.7. The fourth-order valence-electron chi connectivity index (χ4n) is 4.24. The van der Waals surface area contributed by atoms with Crippen LogP contribution in [0.2, 0.25) is 0 Å². The number of fused-ring (bicyclic) bond motifs is 1. The predicted octanol–water partition coefficient (Wildman–Crippen LogP) is 2.44. The molecule has 3 N–H and O–H groups in total. The highest BCUT2D eigenvalue weighted by Gasteiger charge is 2.29. The number of amides is 1. The van der Waals surface area contributed by atoms with E-state index in [1.54, 1.807) is 6.07 Å². The van der Waals surface area contributed by atoms with Crippen LogP contribution in [0.4, 0.5) is 5.82 Å². The third-order valence-corrected chi connectivity index (χ3v) is 5.58. The number of rotatable bonds is 5. The van der Waals surface area contributed by atoms with Crippen LogP contribution in [0, 0.1) is 5.92 Å². The second-order valence-electron chi connectivity index (χ2n) is 7.49. The van der Waals surface area contributed by atoms with Crippen molar-refractivity contribution in [2.45, 2.75) is 32.1 Å². The van der Waals surface area contributed by atoms with Gasteiger partial charge in [0.05, 0.1) is 0 Å². The van der Waals surface area contributed by atoms with Crippen LogP contribution in [-0.2, 0) is 19.3 Å². The van der Waals surface area contributed by atoms with Crippen LogP contribution in [0.1, 0.15) is 50.4 Å². The second-order valence-corrected chi connectivity index (χ2v) is 7.49. The topological polar surface area (TPSA) is 96.5 Å². The Hall–Kier alpha value is -2.89. The molecule has 1 unspecified atom stereocenters. The number of aromatic carboxylic acids is 1. The van der Waals surface area contributed by atoms with E-state index >= 15 is 0 Å². The molecule has 1 aromatic carbocycles. The maximum absolute atomic E-state index is 11.7. The number of aromatic nitrogens is 1. The zero-order chi connectivity index (χ0) is 19.0. The van der Waals surface area contributed by atoms with Gasteiger partial charge >= 0.3 is 5.97 Å². The van der Waals surface area contributed by atoms with Crippen molar-refractivity contribution in [3.05, 3.63) is 58.3 Å². The average Bonchev–Trinajstić information content (AvgIpc) is 3.29. The Kier molecular flexibility index (Phi) is 4.56. The highest BCUT2D eigenvalue weighted by Crippen LogP contribution is 2.31. The number of primary amides is 1. The minimum Gasteiger partial charge on any atom is -0.478 e. The molecule has 0 spiro atoms. The molecule has 1 saturated heterocycles. The molecule has 1 aromatic heterocycles. The lowest BCUT2D eigenvalue weighted by atomic mass is 9.97. The molecule has 2 aromatic rings. The minimum atomic E-state index is -0.912. The normalized spacial score (nSPS) is 18.5. The lowest BCUT2D eigenvalue weighted by molar-refractivity contribution is 0.0696. The molecule has 1 aliphatic carbocycles. The number of pyridine rings is 1. The van der Waals surface area contributed by atoms with Crippen molar-refractivity contribution < 1.29 is 14.7 Å². The summed E-state index contributed by atoms with van der Waals surface area (Å²) in [5.41, 5.74) is 9.41. The SMILES string of the molecule is NC(=O)c1cccc(CC2CCN(c3nc4c(cc3C(=O)O)CCC4)C2)c1. The first kappa shape index (κ1) is 17.5. The number of benzene rings is 1. The first-order valence-corrected chi connectivity index (χ1v) is 9.41. The fourth-order valence-corrected chi connectivity index (χ4v) is 4.24. The van der Waals surface area contributed by atoms with Crippen LogP contribution in [0.5, 0.6) is 0 Å². The van der Waals surface area contributed by atoms with Crippen molar-refractivity contribution in [1.29, 1.82) is 0 Å². The van der Waals surface area contributed by atoms with E-state index in [0.29, 0.717) is 22.9 Å². The number of carbonyl (C=O) groups excluding carboxylic acids is 1. The number of hydrogen-bond donors (Lipinski definition) is 2. The van der Waals surface area contributed by atoms with E-state index in [0.717, 1.165) is 62.0 Å². The number of nitrogens with zero attached hydrogens (tertiary/aromatic N) is 2. The lowest BCUT2D eigenvalue weighted by Gasteiger charge is -2.21. The van der Waals surface area contributed by atoms with E-state index in [1.165, 1.54) is 0 Å². The Morgan fingerprint density at radius 1 is 1.26 bits per heavy atom. The van der Waals surface area contributed by atoms with Gasteiger partial charge in [-0.25, -0.2) is 9.78 Å². The Morgan fingerprint density at radius 2 is 2.11 bits per heavy atom. The molecule has 2 heterocycles. The van der Waals surface area contributed by atoms with E-state index < -0.39 is 11.9 Å². The molecule has 0 bridgehead atoms. The lowest BCUT2D eigenvalue weighted by Crippen LogP contribution is -2.24. The largest absolute Gasteiger partial charge is 0.478 e. The molecule has 0 radical (unpaired) electrons. The Morgan fingerprint density at radius 3 is 2.89 bits per heavy atom. The number of carbonyl (C=O) groups is 2. The van der Waals surface area contributed by atoms with Gasteiger partial charge in [0.2, 0.25) is 5.91 Å². The average molecular weight is 365 g/mol. The standard InChI is InChI=1S/C21H23N3O3/c22-19(25)16-5-1-3-13(10-16)9-14-7-8-24(12-14)20-17(21(26)27)11-15-4-2-6-18(15)23-20/h1,3,5,10-11,14H,2,4,6-9,12H2,(H2,22,25)(H,26,27). The summed E-state index contributed by atoms with van der Waals surface area (Å²) in [5, 5.41) is 9.63. The minimum absolute atomic E-state index is 0.312. The first-order valence-electron chi connectivity index (χ1n) is 9.41. The van der Waals surface area contributed by atoms with Gasteiger partial charge in [-0.15, -0.1) is 0 Å². The van der Waals surface area contributed by atoms with E-state index in [4.69, 9.17) is 10.7 Å². The van der Waals surface area contributed by atoms with Gasteiger partial charge < -0.3 is 15.7 Å². The van der Waals surface area contributed by atoms with Gasteiger partial charge in [-0.2, -0.15) is 0 Å². The van der Waals surface area contributed by atoms with Crippen LogP contribution in [-0.4, -0.2) is 35.1 Å². The summed E-state index contributed by atoms with van der Waals surface area (Å²) in [5.74, 6) is -0.329. The highest BCUT2D eigenvalue weighted by atomic mass is 16.4. The number of aryl methyl sites for hydroxylation is 2. The molecule has 2 aliphatic rings. The van der Waals surface area contributed by atoms with Crippen molar-refractivity contribution in [1.82, 2.24) is 4.98 Å². The zero-order valence-electron chi connectivity index (χ0n) is 15.1. The molecule has 1 amide bonds. The molecule has 0 saturated carbocycles. The van der Waals surface area contributed by atoms with Crippen LogP contribution >= 0.6 is 0 Å². The van der Waals surface area contributed by atoms with Crippen molar-refractivity contribution >= 4 is 17.7 Å². The molecule has 1 fully saturated rings. The quantitative estimate of drug-likeness (QED) is 0.848. The number of carboxylic acid groups (broad SMARTS) is 1. The second kappa shape index (κ2) is 7.02. The molecule has 4 rings (SSSR count). The summed E-state index contributed by atoms with van der Waals surface area (Å²) < 4.78 is 0. The van der Waals surface area contributed by atoms with Crippen molar-refractivity contribution in [2.24, 2.45) is 11.7 Å². The highest BCUT2D eigenvalue weighted by molar-refractivity contribution is 5.94. The summed E-state index contributed by atoms with van der Waals surface area (Å²) in [4.78, 5) is 29.9. The monoisotopic (exact) mass is 365 g/mol. The molecule has 1 atom stereocenters. The third-order valence-electron chi connectivity index (χ3n) is 5.58. The summed E-state index contributed by atoms with van der Waals surface area (Å²) >= 11 is 0. The molecule has 6 heteroatoms. The maximum Gasteiger partial charge on any atom is 0.339 e. The van der Waals surface area contributed by atoms with E-state index in [2.05, 4.69) is 4.90 Å². The van der Waals surface area contributed by atoms with Gasteiger partial charge in [0.25, 0.3) is 0 Å². The fraction of sp³-hybridized carbons (Fsp3) is 0.381. The molecule has 1 aliphatic heterocycles. The van der Waals surface area contributed by atoms with Gasteiger partial charge in [-0.3, -0.25) is 4.79 Å². The molecule has 27 heavy (non-hydrogen) atoms. The summed E-state index contributed by atoms with van der Waals surface area (Å²) in [7, 11) is 0. The predicted molar refractivity (Wildman–Crippen MR) is 102 cm³/mol. The summed E-state index contributed by atoms with van der Waals surface area (Å²) in [6.45, 7) is 1.57. The van der Waals surface area contributed by atoms with Gasteiger partial charge in [0.1, 0.15) is 11.4 Å². The van der Waals surface area contributed by atoms with E-state index in [-0.39, 0.29) is 0 Å². The first-order chi connectivity index (χ1) is 13.0. The number of nitrogens with two attached hydrogens (primary N) is 1. The van der Waals surface area contributed by atoms with Crippen molar-refractivity contribution in [3.8, 4) is 0 Å². The molecule has 6 nitrogen and oxygen atoms in total. The van der Waals surface area contributed by atoms with Crippen LogP contribution in [0.25, 0.3) is 0 Å². The number of hydrogen-bond acceptors (Lipinski definition) is 4. The van der Waals surface area contributed by atoms with E-state index in [1.807, 2.05) is 24.3 Å². The van der Waals surface area contributed by atoms with Gasteiger partial charge in [0, 0.05) is 24.3 Å². The van der Waals surface area contributed by atoms with E-state index in [9.17, 15) is 14.7 Å². The molecular formula is C21H23N3O3. The number of carboxylic acids is 1. The van der Waals surface area contributed by atoms with Gasteiger partial charge in [0.15, 0.2) is 0 Å². The zero-order valence-corrected chi connectivity index (χ0v) is 15.1. The Labute approximate surface area is 158 Å².